The summed E-state index contributed by atoms with van der Waals surface area (Å²) in [6.07, 6.45) is 0.608. The Morgan fingerprint density at radius 1 is 1.16 bits per heavy atom. The molecule has 2 aromatic rings. The van der Waals surface area contributed by atoms with E-state index in [-0.39, 0.29) is 23.7 Å². The van der Waals surface area contributed by atoms with E-state index in [4.69, 9.17) is 0 Å². The van der Waals surface area contributed by atoms with Crippen molar-refractivity contribution >= 4 is 17.6 Å². The van der Waals surface area contributed by atoms with Gasteiger partial charge in [0, 0.05) is 43.3 Å². The maximum absolute atomic E-state index is 15.3. The van der Waals surface area contributed by atoms with E-state index in [9.17, 15) is 33.0 Å². The summed E-state index contributed by atoms with van der Waals surface area (Å²) in [6, 6.07) is 4.67. The van der Waals surface area contributed by atoms with Crippen molar-refractivity contribution in [2.45, 2.75) is 38.5 Å². The third-order valence-electron chi connectivity index (χ3n) is 6.78. The molecule has 2 atom stereocenters. The number of aliphatic hydroxyl groups excluding tert-OH is 2. The van der Waals surface area contributed by atoms with E-state index in [1.807, 2.05) is 0 Å². The number of hydrogen-bond donors (Lipinski definition) is 3. The second-order valence-corrected chi connectivity index (χ2v) is 9.34. The van der Waals surface area contributed by atoms with Crippen molar-refractivity contribution in [2.24, 2.45) is 0 Å². The summed E-state index contributed by atoms with van der Waals surface area (Å²) < 4.78 is 56.3. The van der Waals surface area contributed by atoms with Crippen LogP contribution >= 0.6 is 0 Å². The van der Waals surface area contributed by atoms with Crippen molar-refractivity contribution in [1.82, 2.24) is 10.2 Å². The number of hydrogen-bond acceptors (Lipinski definition) is 4. The third kappa shape index (κ3) is 4.85. The topological polar surface area (TPSA) is 93.1 Å². The first-order valence-corrected chi connectivity index (χ1v) is 11.4. The molecule has 0 aromatic heterocycles. The van der Waals surface area contributed by atoms with Crippen LogP contribution in [0.1, 0.15) is 47.8 Å². The summed E-state index contributed by atoms with van der Waals surface area (Å²) in [5.41, 5.74) is -1.47. The minimum Gasteiger partial charge on any atom is -0.508 e. The van der Waals surface area contributed by atoms with Crippen LogP contribution in [0.4, 0.5) is 28.0 Å². The van der Waals surface area contributed by atoms with Gasteiger partial charge in [-0.15, -0.1) is 0 Å². The zero-order chi connectivity index (χ0) is 27.2. The highest BCUT2D eigenvalue weighted by atomic mass is 19.2. The Balaban J connectivity index is 1.65. The molecule has 0 radical (unpaired) electrons. The van der Waals surface area contributed by atoms with Gasteiger partial charge in [-0.1, -0.05) is 6.07 Å². The van der Waals surface area contributed by atoms with E-state index in [1.54, 1.807) is 20.0 Å². The molecule has 2 aliphatic rings. The van der Waals surface area contributed by atoms with Crippen molar-refractivity contribution in [3.63, 3.8) is 0 Å². The van der Waals surface area contributed by atoms with Crippen LogP contribution in [-0.4, -0.2) is 46.3 Å². The molecule has 1 heterocycles. The summed E-state index contributed by atoms with van der Waals surface area (Å²) in [6.45, 7) is 2.18. The van der Waals surface area contributed by atoms with Crippen LogP contribution < -0.4 is 10.2 Å². The Kier molecular flexibility index (Phi) is 6.66. The van der Waals surface area contributed by atoms with Gasteiger partial charge in [0.15, 0.2) is 5.76 Å². The number of nitrogens with one attached hydrogen (secondary N) is 1. The largest absolute Gasteiger partial charge is 0.508 e. The molecule has 0 saturated carbocycles. The molecule has 4 rings (SSSR count). The fourth-order valence-corrected chi connectivity index (χ4v) is 4.40. The Hall–Kier alpha value is -4.02. The number of fused-ring (bicyclic) bond motifs is 1. The number of urea groups is 1. The fraction of sp³-hybridized carbons (Fsp3) is 0.308. The Labute approximate surface area is 210 Å². The summed E-state index contributed by atoms with van der Waals surface area (Å²) in [5.74, 6) is -5.07. The zero-order valence-electron chi connectivity index (χ0n) is 20.3. The number of amides is 3. The van der Waals surface area contributed by atoms with Gasteiger partial charge in [0.25, 0.3) is 5.91 Å². The maximum atomic E-state index is 15.3. The molecule has 0 saturated heterocycles. The standard InChI is InChI=1S/C26H25F4N3O4/c1-13-17-5-4-14(24(36)31-11-18-19(28)8-16(27)9-20(18)29)6-21(17)33(25(37)32(13)3)12-15-7-22(34)23(35)10-26(15,2)30/h4-9,13,34-35H,10-12H2,1-3H3,(H,31,36)/t13-,26?/m0/s1. The minimum atomic E-state index is -2.04. The Bertz CT molecular complexity index is 1330. The molecule has 1 aliphatic heterocycles. The van der Waals surface area contributed by atoms with E-state index in [1.165, 1.54) is 28.9 Å². The molecular formula is C26H25F4N3O4. The summed E-state index contributed by atoms with van der Waals surface area (Å²) in [4.78, 5) is 28.7. The molecule has 196 valence electrons. The van der Waals surface area contributed by atoms with E-state index >= 15 is 4.39 Å². The molecule has 3 amide bonds. The van der Waals surface area contributed by atoms with E-state index in [0.29, 0.717) is 23.4 Å². The maximum Gasteiger partial charge on any atom is 0.325 e. The second kappa shape index (κ2) is 9.45. The molecule has 0 bridgehead atoms. The first-order valence-electron chi connectivity index (χ1n) is 11.4. The van der Waals surface area contributed by atoms with Gasteiger partial charge in [0.1, 0.15) is 28.9 Å². The third-order valence-corrected chi connectivity index (χ3v) is 6.78. The molecule has 37 heavy (non-hydrogen) atoms. The van der Waals surface area contributed by atoms with Crippen LogP contribution in [0.3, 0.4) is 0 Å². The van der Waals surface area contributed by atoms with Gasteiger partial charge < -0.3 is 20.4 Å². The molecule has 11 heteroatoms. The number of halogens is 4. The summed E-state index contributed by atoms with van der Waals surface area (Å²) in [7, 11) is 1.57. The normalized spacial score (nSPS) is 21.6. The lowest BCUT2D eigenvalue weighted by Gasteiger charge is -2.41. The fourth-order valence-electron chi connectivity index (χ4n) is 4.40. The van der Waals surface area contributed by atoms with E-state index in [0.717, 1.165) is 6.08 Å². The monoisotopic (exact) mass is 519 g/mol. The molecule has 1 aliphatic carbocycles. The molecule has 3 N–H and O–H groups in total. The average Bonchev–Trinajstić information content (AvgIpc) is 2.82. The Morgan fingerprint density at radius 2 is 1.81 bits per heavy atom. The van der Waals surface area contributed by atoms with Gasteiger partial charge >= 0.3 is 6.03 Å². The second-order valence-electron chi connectivity index (χ2n) is 9.34. The van der Waals surface area contributed by atoms with Crippen LogP contribution in [0, 0.1) is 17.5 Å². The lowest BCUT2D eigenvalue weighted by molar-refractivity contribution is 0.0950. The van der Waals surface area contributed by atoms with Crippen molar-refractivity contribution in [3.05, 3.63) is 87.6 Å². The highest BCUT2D eigenvalue weighted by Crippen LogP contribution is 2.40. The molecule has 7 nitrogen and oxygen atoms in total. The van der Waals surface area contributed by atoms with Gasteiger partial charge in [0.2, 0.25) is 0 Å². The van der Waals surface area contributed by atoms with Gasteiger partial charge in [0.05, 0.1) is 18.3 Å². The molecule has 0 spiro atoms. The summed E-state index contributed by atoms with van der Waals surface area (Å²) >= 11 is 0. The van der Waals surface area contributed by atoms with Crippen molar-refractivity contribution < 1.29 is 37.4 Å². The van der Waals surface area contributed by atoms with Crippen LogP contribution in [0.25, 0.3) is 0 Å². The van der Waals surface area contributed by atoms with Gasteiger partial charge in [-0.25, -0.2) is 22.4 Å². The quantitative estimate of drug-likeness (QED) is 0.464. The van der Waals surface area contributed by atoms with Crippen molar-refractivity contribution in [1.29, 1.82) is 0 Å². The number of carbonyl (C=O) groups excluding carboxylic acids is 2. The number of carbonyl (C=O) groups is 2. The van der Waals surface area contributed by atoms with Crippen LogP contribution in [0.2, 0.25) is 0 Å². The number of anilines is 1. The number of rotatable bonds is 5. The SMILES string of the molecule is C[C@H]1c2ccc(C(=O)NCc3c(F)cc(F)cc3F)cc2N(CC2=CC(O)=C(O)CC2(C)F)C(=O)N1C. The highest BCUT2D eigenvalue weighted by Gasteiger charge is 2.40. The van der Waals surface area contributed by atoms with Gasteiger partial charge in [-0.2, -0.15) is 0 Å². The molecule has 2 aromatic carbocycles. The Morgan fingerprint density at radius 3 is 2.46 bits per heavy atom. The van der Waals surface area contributed by atoms with Gasteiger partial charge in [-0.3, -0.25) is 9.69 Å². The molecular weight excluding hydrogens is 494 g/mol. The van der Waals surface area contributed by atoms with Crippen molar-refractivity contribution in [3.8, 4) is 0 Å². The number of benzene rings is 2. The average molecular weight is 519 g/mol. The van der Waals surface area contributed by atoms with Crippen molar-refractivity contribution in [2.75, 3.05) is 18.5 Å². The van der Waals surface area contributed by atoms with Crippen LogP contribution in [0.15, 0.2) is 53.5 Å². The number of nitrogens with zero attached hydrogens (tertiary/aromatic N) is 2. The van der Waals surface area contributed by atoms with Crippen LogP contribution in [0.5, 0.6) is 0 Å². The molecule has 0 fully saturated rings. The lowest BCUT2D eigenvalue weighted by Crippen LogP contribution is -2.49. The predicted octanol–water partition coefficient (Wildman–Crippen LogP) is 5.35. The molecule has 1 unspecified atom stereocenters. The lowest BCUT2D eigenvalue weighted by atomic mass is 9.87. The zero-order valence-corrected chi connectivity index (χ0v) is 20.3. The first-order chi connectivity index (χ1) is 17.3. The number of alkyl halides is 1. The summed E-state index contributed by atoms with van der Waals surface area (Å²) in [5, 5.41) is 22.1. The predicted molar refractivity (Wildman–Crippen MR) is 127 cm³/mol. The minimum absolute atomic E-state index is 0.0437. The highest BCUT2D eigenvalue weighted by molar-refractivity contribution is 6.00. The van der Waals surface area contributed by atoms with Gasteiger partial charge in [-0.05, 0) is 43.2 Å². The van der Waals surface area contributed by atoms with Crippen LogP contribution in [-0.2, 0) is 6.54 Å². The number of allylic oxidation sites excluding steroid dienone is 2. The number of aliphatic hydroxyl groups is 2. The first kappa shape index (κ1) is 26.1. The van der Waals surface area contributed by atoms with E-state index < -0.39 is 65.1 Å². The van der Waals surface area contributed by atoms with E-state index in [2.05, 4.69) is 5.32 Å². The smallest absolute Gasteiger partial charge is 0.325 e.